The van der Waals surface area contributed by atoms with E-state index >= 15 is 0 Å². The first-order valence-electron chi connectivity index (χ1n) is 10.4. The van der Waals surface area contributed by atoms with Crippen LogP contribution < -0.4 is 4.90 Å². The van der Waals surface area contributed by atoms with Crippen LogP contribution in [0, 0.1) is 13.8 Å². The molecule has 6 heteroatoms. The average Bonchev–Trinajstić information content (AvgIpc) is 3.10. The van der Waals surface area contributed by atoms with Gasteiger partial charge in [-0.1, -0.05) is 53.7 Å². The third kappa shape index (κ3) is 4.80. The first-order valence-corrected chi connectivity index (χ1v) is 11.4. The first-order chi connectivity index (χ1) is 15.0. The summed E-state index contributed by atoms with van der Waals surface area (Å²) in [6.45, 7) is 6.97. The number of imidazole rings is 1. The van der Waals surface area contributed by atoms with Gasteiger partial charge in [-0.25, -0.2) is 4.98 Å². The number of thioether (sulfide) groups is 1. The Balaban J connectivity index is 1.62. The fourth-order valence-electron chi connectivity index (χ4n) is 3.68. The van der Waals surface area contributed by atoms with Crippen molar-refractivity contribution in [3.05, 3.63) is 83.7 Å². The number of nitrogens with zero attached hydrogens (tertiary/aromatic N) is 4. The van der Waals surface area contributed by atoms with E-state index in [4.69, 9.17) is 4.98 Å². The minimum atomic E-state index is 0.0358. The van der Waals surface area contributed by atoms with Gasteiger partial charge >= 0.3 is 0 Å². The number of anilines is 1. The van der Waals surface area contributed by atoms with Crippen LogP contribution in [0.3, 0.4) is 0 Å². The van der Waals surface area contributed by atoms with E-state index in [0.29, 0.717) is 6.54 Å². The number of pyridine rings is 1. The van der Waals surface area contributed by atoms with Crippen molar-refractivity contribution >= 4 is 34.4 Å². The molecule has 2 aromatic heterocycles. The number of rotatable bonds is 7. The van der Waals surface area contributed by atoms with Crippen molar-refractivity contribution < 1.29 is 4.79 Å². The number of hydrogen-bond acceptors (Lipinski definition) is 4. The van der Waals surface area contributed by atoms with E-state index in [1.165, 1.54) is 11.1 Å². The van der Waals surface area contributed by atoms with Crippen LogP contribution in [-0.2, 0) is 17.1 Å². The van der Waals surface area contributed by atoms with Crippen molar-refractivity contribution in [2.24, 2.45) is 0 Å². The van der Waals surface area contributed by atoms with E-state index in [9.17, 15) is 4.79 Å². The highest BCUT2D eigenvalue weighted by Crippen LogP contribution is 2.27. The molecule has 0 atom stereocenters. The molecule has 0 saturated carbocycles. The normalized spacial score (nSPS) is 11.1. The van der Waals surface area contributed by atoms with E-state index < -0.39 is 0 Å². The molecule has 2 heterocycles. The van der Waals surface area contributed by atoms with Crippen molar-refractivity contribution in [1.29, 1.82) is 0 Å². The zero-order chi connectivity index (χ0) is 21.8. The number of aryl methyl sites for hydroxylation is 2. The Kier molecular flexibility index (Phi) is 6.37. The fourth-order valence-corrected chi connectivity index (χ4v) is 4.64. The van der Waals surface area contributed by atoms with Gasteiger partial charge in [-0.05, 0) is 50.1 Å². The molecule has 0 saturated heterocycles. The molecule has 4 aromatic rings. The molecule has 0 N–H and O–H groups in total. The Morgan fingerprint density at radius 2 is 1.84 bits per heavy atom. The molecule has 4 rings (SSSR count). The molecule has 5 nitrogen and oxygen atoms in total. The Morgan fingerprint density at radius 1 is 1.06 bits per heavy atom. The summed E-state index contributed by atoms with van der Waals surface area (Å²) in [5, 5.41) is 0.832. The van der Waals surface area contributed by atoms with Crippen LogP contribution in [-0.4, -0.2) is 27.0 Å². The van der Waals surface area contributed by atoms with E-state index in [1.807, 2.05) is 53.6 Å². The number of fused-ring (bicyclic) bond motifs is 1. The first kappa shape index (κ1) is 21.1. The highest BCUT2D eigenvalue weighted by atomic mass is 32.2. The van der Waals surface area contributed by atoms with Gasteiger partial charge in [-0.2, -0.15) is 0 Å². The van der Waals surface area contributed by atoms with Crippen LogP contribution in [0.4, 0.5) is 5.69 Å². The second-order valence-corrected chi connectivity index (χ2v) is 8.54. The molecular weight excluding hydrogens is 404 g/mol. The lowest BCUT2D eigenvalue weighted by Crippen LogP contribution is -2.33. The van der Waals surface area contributed by atoms with Crippen molar-refractivity contribution in [2.45, 2.75) is 38.2 Å². The number of hydrogen-bond donors (Lipinski definition) is 0. The van der Waals surface area contributed by atoms with Crippen LogP contribution in [0.5, 0.6) is 0 Å². The van der Waals surface area contributed by atoms with E-state index in [-0.39, 0.29) is 12.5 Å². The van der Waals surface area contributed by atoms with Gasteiger partial charge in [0.1, 0.15) is 6.54 Å². The highest BCUT2D eigenvalue weighted by Gasteiger charge is 2.19. The van der Waals surface area contributed by atoms with E-state index in [0.717, 1.165) is 33.2 Å². The smallest absolute Gasteiger partial charge is 0.247 e. The topological polar surface area (TPSA) is 51.0 Å². The molecular formula is C25H26N4OS. The molecule has 0 aliphatic rings. The highest BCUT2D eigenvalue weighted by molar-refractivity contribution is 7.98. The van der Waals surface area contributed by atoms with Gasteiger partial charge in [0.05, 0.1) is 17.2 Å². The lowest BCUT2D eigenvalue weighted by atomic mass is 10.2. The zero-order valence-electron chi connectivity index (χ0n) is 18.1. The molecule has 0 radical (unpaired) electrons. The summed E-state index contributed by atoms with van der Waals surface area (Å²) in [5.74, 6) is 0.829. The van der Waals surface area contributed by atoms with E-state index in [2.05, 4.69) is 36.2 Å². The second kappa shape index (κ2) is 9.35. The summed E-state index contributed by atoms with van der Waals surface area (Å²) >= 11 is 1.65. The quantitative estimate of drug-likeness (QED) is 0.369. The monoisotopic (exact) mass is 430 g/mol. The molecule has 0 unspecified atom stereocenters. The Bertz CT molecular complexity index is 1220. The molecule has 0 aliphatic carbocycles. The predicted octanol–water partition coefficient (Wildman–Crippen LogP) is 5.39. The summed E-state index contributed by atoms with van der Waals surface area (Å²) in [5.41, 5.74) is 6.26. The third-order valence-electron chi connectivity index (χ3n) is 5.19. The van der Waals surface area contributed by atoms with Crippen LogP contribution in [0.25, 0.3) is 11.0 Å². The molecule has 2 aromatic carbocycles. The fraction of sp³-hybridized carbons (Fsp3) is 0.240. The number of aromatic nitrogens is 3. The number of benzene rings is 2. The zero-order valence-corrected chi connectivity index (χ0v) is 18.9. The summed E-state index contributed by atoms with van der Waals surface area (Å²) < 4.78 is 1.99. The van der Waals surface area contributed by atoms with Crippen molar-refractivity contribution in [3.63, 3.8) is 0 Å². The number of likely N-dealkylation sites (N-methyl/N-ethyl adjacent to an activating group) is 1. The Hall–Kier alpha value is -3.12. The minimum absolute atomic E-state index is 0.0358. The van der Waals surface area contributed by atoms with Gasteiger partial charge in [0.25, 0.3) is 0 Å². The van der Waals surface area contributed by atoms with Crippen molar-refractivity contribution in [2.75, 3.05) is 11.4 Å². The standard InChI is InChI=1S/C25H26N4OS/c1-4-28(21-10-6-8-19(3)14-21)24(30)16-29-23-15-26-12-11-22(23)27-25(29)31-17-20-9-5-7-18(2)13-20/h5-15H,4,16-17H2,1-3H3. The van der Waals surface area contributed by atoms with Gasteiger partial charge in [0, 0.05) is 24.2 Å². The van der Waals surface area contributed by atoms with Gasteiger partial charge in [-0.3, -0.25) is 9.78 Å². The maximum atomic E-state index is 13.3. The Labute approximate surface area is 187 Å². The molecule has 0 bridgehead atoms. The third-order valence-corrected chi connectivity index (χ3v) is 6.24. The van der Waals surface area contributed by atoms with Crippen molar-refractivity contribution in [1.82, 2.24) is 14.5 Å². The van der Waals surface area contributed by atoms with Crippen LogP contribution in [0.2, 0.25) is 0 Å². The van der Waals surface area contributed by atoms with Crippen LogP contribution in [0.1, 0.15) is 23.6 Å². The van der Waals surface area contributed by atoms with Gasteiger partial charge < -0.3 is 9.47 Å². The summed E-state index contributed by atoms with van der Waals surface area (Å²) in [7, 11) is 0. The largest absolute Gasteiger partial charge is 0.311 e. The van der Waals surface area contributed by atoms with Gasteiger partial charge in [0.15, 0.2) is 5.16 Å². The summed E-state index contributed by atoms with van der Waals surface area (Å²) in [4.78, 5) is 24.2. The number of amides is 1. The van der Waals surface area contributed by atoms with Crippen LogP contribution in [0.15, 0.2) is 72.1 Å². The molecule has 1 amide bonds. The molecule has 158 valence electrons. The number of carbonyl (C=O) groups is 1. The van der Waals surface area contributed by atoms with Gasteiger partial charge in [0.2, 0.25) is 5.91 Å². The summed E-state index contributed by atoms with van der Waals surface area (Å²) in [6, 6.07) is 18.4. The lowest BCUT2D eigenvalue weighted by Gasteiger charge is -2.22. The molecule has 0 spiro atoms. The predicted molar refractivity (Wildman–Crippen MR) is 127 cm³/mol. The second-order valence-electron chi connectivity index (χ2n) is 7.60. The van der Waals surface area contributed by atoms with Crippen LogP contribution >= 0.6 is 11.8 Å². The van der Waals surface area contributed by atoms with E-state index in [1.54, 1.807) is 24.2 Å². The lowest BCUT2D eigenvalue weighted by molar-refractivity contribution is -0.119. The van der Waals surface area contributed by atoms with Gasteiger partial charge in [-0.15, -0.1) is 0 Å². The number of carbonyl (C=O) groups excluding carboxylic acids is 1. The summed E-state index contributed by atoms with van der Waals surface area (Å²) in [6.07, 6.45) is 3.52. The minimum Gasteiger partial charge on any atom is -0.311 e. The Morgan fingerprint density at radius 3 is 2.58 bits per heavy atom. The SMILES string of the molecule is CCN(C(=O)Cn1c(SCc2cccc(C)c2)nc2ccncc21)c1cccc(C)c1. The maximum Gasteiger partial charge on any atom is 0.247 e. The molecule has 31 heavy (non-hydrogen) atoms. The average molecular weight is 431 g/mol. The molecule has 0 fully saturated rings. The van der Waals surface area contributed by atoms with Crippen molar-refractivity contribution in [3.8, 4) is 0 Å². The maximum absolute atomic E-state index is 13.3. The molecule has 0 aliphatic heterocycles.